The Hall–Kier alpha value is -3.21. The van der Waals surface area contributed by atoms with E-state index in [-0.39, 0.29) is 11.9 Å². The maximum absolute atomic E-state index is 12.4. The molecule has 2 heterocycles. The molecule has 0 bridgehead atoms. The lowest BCUT2D eigenvalue weighted by Crippen LogP contribution is -2.30. The fraction of sp³-hybridized carbons (Fsp3) is 0.190. The number of hydrogen-bond donors (Lipinski definition) is 1. The highest BCUT2D eigenvalue weighted by molar-refractivity contribution is 5.92. The van der Waals surface area contributed by atoms with Gasteiger partial charge in [0.05, 0.1) is 22.9 Å². The minimum Gasteiger partial charge on any atom is -0.380 e. The van der Waals surface area contributed by atoms with Crippen LogP contribution in [0.1, 0.15) is 12.1 Å². The molecule has 1 atom stereocenters. The summed E-state index contributed by atoms with van der Waals surface area (Å²) in [5.41, 5.74) is 3.46. The van der Waals surface area contributed by atoms with Crippen LogP contribution in [0.4, 0.5) is 5.69 Å². The monoisotopic (exact) mass is 344 g/mol. The number of hydrogen-bond acceptors (Lipinski definition) is 4. The average molecular weight is 344 g/mol. The van der Waals surface area contributed by atoms with Crippen molar-refractivity contribution >= 4 is 28.7 Å². The highest BCUT2D eigenvalue weighted by Crippen LogP contribution is 2.16. The van der Waals surface area contributed by atoms with Crippen LogP contribution in [-0.2, 0) is 4.79 Å². The largest absolute Gasteiger partial charge is 0.380 e. The molecule has 2 aromatic carbocycles. The fourth-order valence-corrected chi connectivity index (χ4v) is 3.16. The van der Waals surface area contributed by atoms with E-state index in [1.807, 2.05) is 59.5 Å². The summed E-state index contributed by atoms with van der Waals surface area (Å²) in [6.07, 6.45) is 5.96. The van der Waals surface area contributed by atoms with Gasteiger partial charge in [-0.2, -0.15) is 0 Å². The van der Waals surface area contributed by atoms with Gasteiger partial charge in [-0.3, -0.25) is 9.78 Å². The molecule has 3 aromatic rings. The smallest absolute Gasteiger partial charge is 0.246 e. The third kappa shape index (κ3) is 3.72. The topological polar surface area (TPSA) is 58.1 Å². The van der Waals surface area contributed by atoms with E-state index >= 15 is 0 Å². The second-order valence-corrected chi connectivity index (χ2v) is 6.40. The Kier molecular flexibility index (Phi) is 4.60. The first-order chi connectivity index (χ1) is 12.8. The molecule has 4 rings (SSSR count). The summed E-state index contributed by atoms with van der Waals surface area (Å²) in [6, 6.07) is 18.1. The van der Waals surface area contributed by atoms with Crippen molar-refractivity contribution in [3.63, 3.8) is 0 Å². The Morgan fingerprint density at radius 3 is 2.69 bits per heavy atom. The van der Waals surface area contributed by atoms with Gasteiger partial charge in [-0.15, -0.1) is 0 Å². The lowest BCUT2D eigenvalue weighted by atomic mass is 10.2. The van der Waals surface area contributed by atoms with Crippen molar-refractivity contribution in [2.75, 3.05) is 18.4 Å². The van der Waals surface area contributed by atoms with Crippen LogP contribution in [0.5, 0.6) is 0 Å². The molecule has 0 saturated carbocycles. The first-order valence-electron chi connectivity index (χ1n) is 8.78. The number of carbonyl (C=O) groups excluding carboxylic acids is 1. The van der Waals surface area contributed by atoms with Crippen molar-refractivity contribution < 1.29 is 4.79 Å². The van der Waals surface area contributed by atoms with E-state index in [9.17, 15) is 4.79 Å². The Morgan fingerprint density at radius 1 is 1.08 bits per heavy atom. The number of amides is 1. The lowest BCUT2D eigenvalue weighted by Gasteiger charge is -2.16. The molecule has 5 heteroatoms. The number of anilines is 1. The number of carbonyl (C=O) groups is 1. The highest BCUT2D eigenvalue weighted by Gasteiger charge is 2.24. The molecule has 0 aliphatic carbocycles. The zero-order valence-corrected chi connectivity index (χ0v) is 14.4. The summed E-state index contributed by atoms with van der Waals surface area (Å²) >= 11 is 0. The van der Waals surface area contributed by atoms with Crippen LogP contribution in [0.15, 0.2) is 66.9 Å². The molecule has 0 spiro atoms. The molecule has 1 N–H and O–H groups in total. The number of fused-ring (bicyclic) bond motifs is 1. The van der Waals surface area contributed by atoms with Gasteiger partial charge in [0, 0.05) is 30.9 Å². The Balaban J connectivity index is 1.37. The van der Waals surface area contributed by atoms with Crippen molar-refractivity contribution in [3.8, 4) is 0 Å². The molecule has 0 unspecified atom stereocenters. The molecule has 1 fully saturated rings. The van der Waals surface area contributed by atoms with Gasteiger partial charge < -0.3 is 10.2 Å². The van der Waals surface area contributed by atoms with Gasteiger partial charge in [-0.05, 0) is 36.8 Å². The van der Waals surface area contributed by atoms with Gasteiger partial charge in [0.2, 0.25) is 5.91 Å². The molecule has 1 aromatic heterocycles. The quantitative estimate of drug-likeness (QED) is 0.738. The van der Waals surface area contributed by atoms with Crippen molar-refractivity contribution in [3.05, 3.63) is 72.6 Å². The molecular formula is C21H20N4O. The van der Waals surface area contributed by atoms with E-state index in [1.54, 1.807) is 18.3 Å². The van der Waals surface area contributed by atoms with Crippen molar-refractivity contribution in [2.24, 2.45) is 0 Å². The van der Waals surface area contributed by atoms with Gasteiger partial charge >= 0.3 is 0 Å². The Morgan fingerprint density at radius 2 is 1.85 bits per heavy atom. The summed E-state index contributed by atoms with van der Waals surface area (Å²) in [5.74, 6) is 0.0114. The van der Waals surface area contributed by atoms with Crippen LogP contribution in [0, 0.1) is 0 Å². The SMILES string of the molecule is O=C(/C=C\c1cnc2ccccc2n1)N1CC[C@@H](Nc2ccccc2)C1. The molecule has 1 aliphatic heterocycles. The zero-order valence-electron chi connectivity index (χ0n) is 14.4. The molecule has 130 valence electrons. The maximum atomic E-state index is 12.4. The molecule has 0 radical (unpaired) electrons. The third-order valence-corrected chi connectivity index (χ3v) is 4.51. The lowest BCUT2D eigenvalue weighted by molar-refractivity contribution is -0.124. The zero-order chi connectivity index (χ0) is 17.8. The van der Waals surface area contributed by atoms with Crippen molar-refractivity contribution in [2.45, 2.75) is 12.5 Å². The maximum Gasteiger partial charge on any atom is 0.246 e. The second-order valence-electron chi connectivity index (χ2n) is 6.40. The molecule has 1 aliphatic rings. The molecule has 1 saturated heterocycles. The van der Waals surface area contributed by atoms with Crippen LogP contribution in [0.2, 0.25) is 0 Å². The van der Waals surface area contributed by atoms with Gasteiger partial charge in [0.25, 0.3) is 0 Å². The summed E-state index contributed by atoms with van der Waals surface area (Å²) in [7, 11) is 0. The minimum absolute atomic E-state index is 0.0114. The first kappa shape index (κ1) is 16.3. The van der Waals surface area contributed by atoms with E-state index in [0.717, 1.165) is 29.7 Å². The Labute approximate surface area is 152 Å². The second kappa shape index (κ2) is 7.35. The van der Waals surface area contributed by atoms with Crippen LogP contribution in [0.25, 0.3) is 17.1 Å². The normalized spacial score (nSPS) is 17.1. The number of benzene rings is 2. The fourth-order valence-electron chi connectivity index (χ4n) is 3.16. The summed E-state index contributed by atoms with van der Waals surface area (Å²) < 4.78 is 0. The number of para-hydroxylation sites is 3. The van der Waals surface area contributed by atoms with Gasteiger partial charge in [-0.1, -0.05) is 30.3 Å². The average Bonchev–Trinajstić information content (AvgIpc) is 3.15. The van der Waals surface area contributed by atoms with E-state index in [4.69, 9.17) is 0 Å². The molecule has 1 amide bonds. The van der Waals surface area contributed by atoms with Crippen LogP contribution in [0.3, 0.4) is 0 Å². The molecule has 5 nitrogen and oxygen atoms in total. The van der Waals surface area contributed by atoms with E-state index in [0.29, 0.717) is 12.2 Å². The molecular weight excluding hydrogens is 324 g/mol. The molecule has 26 heavy (non-hydrogen) atoms. The van der Waals surface area contributed by atoms with Gasteiger partial charge in [0.15, 0.2) is 0 Å². The van der Waals surface area contributed by atoms with Crippen LogP contribution in [-0.4, -0.2) is 39.9 Å². The third-order valence-electron chi connectivity index (χ3n) is 4.51. The number of rotatable bonds is 4. The summed E-state index contributed by atoms with van der Waals surface area (Å²) in [5, 5.41) is 3.48. The van der Waals surface area contributed by atoms with E-state index < -0.39 is 0 Å². The predicted octanol–water partition coefficient (Wildman–Crippen LogP) is 3.36. The standard InChI is InChI=1S/C21H20N4O/c26-21(11-10-17-14-22-19-8-4-5-9-20(19)24-17)25-13-12-18(15-25)23-16-6-2-1-3-7-16/h1-11,14,18,23H,12-13,15H2/b11-10-/t18-/m1/s1. The van der Waals surface area contributed by atoms with Gasteiger partial charge in [0.1, 0.15) is 0 Å². The number of nitrogens with one attached hydrogen (secondary N) is 1. The highest BCUT2D eigenvalue weighted by atomic mass is 16.2. The minimum atomic E-state index is 0.0114. The summed E-state index contributed by atoms with van der Waals surface area (Å²) in [6.45, 7) is 1.47. The van der Waals surface area contributed by atoms with Crippen LogP contribution >= 0.6 is 0 Å². The number of aromatic nitrogens is 2. The van der Waals surface area contributed by atoms with E-state index in [1.165, 1.54) is 0 Å². The number of likely N-dealkylation sites (tertiary alicyclic amines) is 1. The first-order valence-corrected chi connectivity index (χ1v) is 8.78. The Bertz CT molecular complexity index is 939. The van der Waals surface area contributed by atoms with Crippen LogP contribution < -0.4 is 5.32 Å². The number of nitrogens with zero attached hydrogens (tertiary/aromatic N) is 3. The summed E-state index contributed by atoms with van der Waals surface area (Å²) in [4.78, 5) is 23.2. The van der Waals surface area contributed by atoms with E-state index in [2.05, 4.69) is 15.3 Å². The van der Waals surface area contributed by atoms with Crippen molar-refractivity contribution in [1.29, 1.82) is 0 Å². The predicted molar refractivity (Wildman–Crippen MR) is 104 cm³/mol. The van der Waals surface area contributed by atoms with Crippen molar-refractivity contribution in [1.82, 2.24) is 14.9 Å². The van der Waals surface area contributed by atoms with Gasteiger partial charge in [-0.25, -0.2) is 4.98 Å².